The summed E-state index contributed by atoms with van der Waals surface area (Å²) in [7, 11) is 1.84. The van der Waals surface area contributed by atoms with E-state index in [0.29, 0.717) is 5.56 Å². The fourth-order valence-corrected chi connectivity index (χ4v) is 2.60. The molecule has 1 aromatic rings. The molecule has 9 heteroatoms. The maximum Gasteiger partial charge on any atom is 0.494 e. The van der Waals surface area contributed by atoms with Gasteiger partial charge in [0.15, 0.2) is 0 Å². The molecule has 1 aromatic carbocycles. The van der Waals surface area contributed by atoms with Crippen molar-refractivity contribution in [2.24, 2.45) is 0 Å². The summed E-state index contributed by atoms with van der Waals surface area (Å²) in [6.07, 6.45) is -0.319. The van der Waals surface area contributed by atoms with Crippen molar-refractivity contribution < 1.29 is 33.2 Å². The lowest BCUT2D eigenvalue weighted by molar-refractivity contribution is -0.149. The van der Waals surface area contributed by atoms with Gasteiger partial charge >= 0.3 is 19.1 Å². The summed E-state index contributed by atoms with van der Waals surface area (Å²) in [5.41, 5.74) is 0.165. The number of nitrogens with one attached hydrogen (secondary N) is 1. The second-order valence-corrected chi connectivity index (χ2v) is 7.54. The average Bonchev–Trinajstić information content (AvgIpc) is 2.87. The molecule has 1 amide bonds. The van der Waals surface area contributed by atoms with Crippen LogP contribution in [0.25, 0.3) is 0 Å². The number of ether oxygens (including phenoxy) is 2. The molecule has 1 aliphatic rings. The fraction of sp³-hybridized carbons (Fsp3) is 0.526. The highest BCUT2D eigenvalue weighted by molar-refractivity contribution is 6.62. The van der Waals surface area contributed by atoms with Crippen LogP contribution in [0.2, 0.25) is 0 Å². The van der Waals surface area contributed by atoms with Crippen molar-refractivity contribution in [3.63, 3.8) is 0 Å². The molecule has 0 aliphatic carbocycles. The zero-order valence-electron chi connectivity index (χ0n) is 17.0. The van der Waals surface area contributed by atoms with Crippen LogP contribution in [0.1, 0.15) is 44.5 Å². The third-order valence-electron chi connectivity index (χ3n) is 5.09. The van der Waals surface area contributed by atoms with E-state index in [9.17, 15) is 14.4 Å². The molecule has 1 aliphatic heterocycles. The van der Waals surface area contributed by atoms with Crippen molar-refractivity contribution in [2.75, 3.05) is 14.2 Å². The molecule has 1 fully saturated rings. The number of rotatable bonds is 6. The van der Waals surface area contributed by atoms with Crippen molar-refractivity contribution in [3.05, 3.63) is 29.8 Å². The number of carbonyl (C=O) groups is 3. The van der Waals surface area contributed by atoms with E-state index in [0.717, 1.165) is 5.46 Å². The SMILES string of the molecule is COC(=O)CC(NC(=O)c1ccc(B2OC(C)(C)C(C)(C)O2)cc1)C(=O)OC. The predicted molar refractivity (Wildman–Crippen MR) is 102 cm³/mol. The molecule has 0 bridgehead atoms. The predicted octanol–water partition coefficient (Wildman–Crippen LogP) is 0.820. The molecular formula is C19H26BNO7. The quantitative estimate of drug-likeness (QED) is 0.566. The Morgan fingerprint density at radius 1 is 1.00 bits per heavy atom. The molecule has 1 N–H and O–H groups in total. The maximum atomic E-state index is 12.5. The molecule has 0 spiro atoms. The number of amides is 1. The van der Waals surface area contributed by atoms with Gasteiger partial charge < -0.3 is 24.1 Å². The largest absolute Gasteiger partial charge is 0.494 e. The van der Waals surface area contributed by atoms with Gasteiger partial charge in [-0.1, -0.05) is 12.1 Å². The van der Waals surface area contributed by atoms with Crippen LogP contribution in [-0.2, 0) is 28.4 Å². The number of hydrogen-bond acceptors (Lipinski definition) is 7. The molecule has 2 rings (SSSR count). The average molecular weight is 391 g/mol. The normalized spacial score (nSPS) is 18.3. The van der Waals surface area contributed by atoms with Crippen LogP contribution in [0.3, 0.4) is 0 Å². The number of methoxy groups -OCH3 is 2. The van der Waals surface area contributed by atoms with Gasteiger partial charge in [-0.15, -0.1) is 0 Å². The Hall–Kier alpha value is -2.39. The van der Waals surface area contributed by atoms with E-state index in [1.807, 2.05) is 27.7 Å². The molecule has 28 heavy (non-hydrogen) atoms. The minimum atomic E-state index is -1.13. The smallest absolute Gasteiger partial charge is 0.469 e. The van der Waals surface area contributed by atoms with Gasteiger partial charge in [0.1, 0.15) is 6.04 Å². The second kappa shape index (κ2) is 8.32. The summed E-state index contributed by atoms with van der Waals surface area (Å²) >= 11 is 0. The summed E-state index contributed by atoms with van der Waals surface area (Å²) in [5.74, 6) is -1.88. The van der Waals surface area contributed by atoms with Crippen LogP contribution in [0.15, 0.2) is 24.3 Å². The number of hydrogen-bond donors (Lipinski definition) is 1. The molecule has 152 valence electrons. The molecule has 1 heterocycles. The lowest BCUT2D eigenvalue weighted by Gasteiger charge is -2.32. The molecule has 1 saturated heterocycles. The molecule has 0 saturated carbocycles. The van der Waals surface area contributed by atoms with Gasteiger partial charge in [-0.05, 0) is 45.3 Å². The van der Waals surface area contributed by atoms with Gasteiger partial charge in [-0.3, -0.25) is 9.59 Å². The Balaban J connectivity index is 2.09. The first-order chi connectivity index (χ1) is 13.0. The fourth-order valence-electron chi connectivity index (χ4n) is 2.60. The van der Waals surface area contributed by atoms with Crippen LogP contribution < -0.4 is 10.8 Å². The summed E-state index contributed by atoms with van der Waals surface area (Å²) in [5, 5.41) is 2.49. The van der Waals surface area contributed by atoms with Gasteiger partial charge in [-0.2, -0.15) is 0 Å². The third-order valence-corrected chi connectivity index (χ3v) is 5.09. The number of benzene rings is 1. The Morgan fingerprint density at radius 3 is 2.00 bits per heavy atom. The van der Waals surface area contributed by atoms with E-state index in [-0.39, 0.29) is 6.42 Å². The first-order valence-corrected chi connectivity index (χ1v) is 8.92. The summed E-state index contributed by atoms with van der Waals surface area (Å²) in [6, 6.07) is 5.52. The Morgan fingerprint density at radius 2 is 1.54 bits per heavy atom. The Labute approximate surface area is 165 Å². The van der Waals surface area contributed by atoms with Crippen molar-refractivity contribution in [1.82, 2.24) is 5.32 Å². The van der Waals surface area contributed by atoms with Crippen molar-refractivity contribution in [2.45, 2.75) is 51.4 Å². The lowest BCUT2D eigenvalue weighted by Crippen LogP contribution is -2.43. The Bertz CT molecular complexity index is 729. The monoisotopic (exact) mass is 391 g/mol. The van der Waals surface area contributed by atoms with Crippen molar-refractivity contribution >= 4 is 30.4 Å². The van der Waals surface area contributed by atoms with Crippen molar-refractivity contribution in [3.8, 4) is 0 Å². The van der Waals surface area contributed by atoms with E-state index in [1.54, 1.807) is 24.3 Å². The van der Waals surface area contributed by atoms with E-state index in [4.69, 9.17) is 9.31 Å². The number of carbonyl (C=O) groups excluding carboxylic acids is 3. The van der Waals surface area contributed by atoms with Crippen LogP contribution in [-0.4, -0.2) is 56.4 Å². The van der Waals surface area contributed by atoms with Crippen LogP contribution in [0, 0.1) is 0 Å². The van der Waals surface area contributed by atoms with Gasteiger partial charge in [-0.25, -0.2) is 4.79 Å². The summed E-state index contributed by atoms with van der Waals surface area (Å²) in [6.45, 7) is 7.85. The first kappa shape index (κ1) is 21.9. The standard InChI is InChI=1S/C19H26BNO7/c1-18(2)19(3,4)28-20(27-18)13-9-7-12(8-10-13)16(23)21-14(17(24)26-6)11-15(22)25-5/h7-10,14H,11H2,1-6H3,(H,21,23). The third kappa shape index (κ3) is 4.71. The molecular weight excluding hydrogens is 365 g/mol. The van der Waals surface area contributed by atoms with Gasteiger partial charge in [0, 0.05) is 5.56 Å². The highest BCUT2D eigenvalue weighted by Crippen LogP contribution is 2.36. The van der Waals surface area contributed by atoms with E-state index in [2.05, 4.69) is 14.8 Å². The van der Waals surface area contributed by atoms with Gasteiger partial charge in [0.05, 0.1) is 31.8 Å². The number of esters is 2. The molecule has 1 atom stereocenters. The zero-order valence-corrected chi connectivity index (χ0v) is 17.0. The summed E-state index contributed by atoms with van der Waals surface area (Å²) in [4.78, 5) is 35.7. The second-order valence-electron chi connectivity index (χ2n) is 7.54. The molecule has 8 nitrogen and oxygen atoms in total. The first-order valence-electron chi connectivity index (χ1n) is 8.92. The minimum absolute atomic E-state index is 0.319. The van der Waals surface area contributed by atoms with E-state index < -0.39 is 42.2 Å². The molecule has 0 radical (unpaired) electrons. The van der Waals surface area contributed by atoms with Crippen molar-refractivity contribution in [1.29, 1.82) is 0 Å². The minimum Gasteiger partial charge on any atom is -0.469 e. The Kier molecular flexibility index (Phi) is 6.51. The maximum absolute atomic E-state index is 12.5. The molecule has 0 aromatic heterocycles. The van der Waals surface area contributed by atoms with Crippen LogP contribution in [0.5, 0.6) is 0 Å². The molecule has 1 unspecified atom stereocenters. The highest BCUT2D eigenvalue weighted by atomic mass is 16.7. The highest BCUT2D eigenvalue weighted by Gasteiger charge is 2.51. The van der Waals surface area contributed by atoms with Crippen LogP contribution in [0.4, 0.5) is 0 Å². The summed E-state index contributed by atoms with van der Waals surface area (Å²) < 4.78 is 21.1. The van der Waals surface area contributed by atoms with Gasteiger partial charge in [0.2, 0.25) is 0 Å². The van der Waals surface area contributed by atoms with E-state index in [1.165, 1.54) is 14.2 Å². The topological polar surface area (TPSA) is 100 Å². The van der Waals surface area contributed by atoms with E-state index >= 15 is 0 Å². The van der Waals surface area contributed by atoms with Crippen LogP contribution >= 0.6 is 0 Å². The lowest BCUT2D eigenvalue weighted by atomic mass is 9.79. The zero-order chi connectivity index (χ0) is 21.1. The van der Waals surface area contributed by atoms with Gasteiger partial charge in [0.25, 0.3) is 5.91 Å².